The molecule has 3 aromatic rings. The lowest BCUT2D eigenvalue weighted by molar-refractivity contribution is -0.132. The van der Waals surface area contributed by atoms with Gasteiger partial charge in [-0.3, -0.25) is 14.5 Å². The van der Waals surface area contributed by atoms with E-state index in [4.69, 9.17) is 18.6 Å². The summed E-state index contributed by atoms with van der Waals surface area (Å²) in [4.78, 5) is 27.6. The van der Waals surface area contributed by atoms with Crippen LogP contribution < -0.4 is 19.1 Å². The van der Waals surface area contributed by atoms with Crippen molar-refractivity contribution in [2.24, 2.45) is 0 Å². The van der Waals surface area contributed by atoms with Gasteiger partial charge in [0.05, 0.1) is 38.9 Å². The van der Waals surface area contributed by atoms with Gasteiger partial charge in [0.2, 0.25) is 0 Å². The molecule has 1 N–H and O–H groups in total. The van der Waals surface area contributed by atoms with Gasteiger partial charge in [0, 0.05) is 23.8 Å². The Balaban J connectivity index is 1.93. The molecule has 1 fully saturated rings. The zero-order chi connectivity index (χ0) is 22.8. The van der Waals surface area contributed by atoms with Gasteiger partial charge >= 0.3 is 0 Å². The maximum absolute atomic E-state index is 13.2. The molecule has 32 heavy (non-hydrogen) atoms. The highest BCUT2D eigenvalue weighted by molar-refractivity contribution is 6.51. The summed E-state index contributed by atoms with van der Waals surface area (Å²) in [5, 5.41) is 11.1. The molecular weight excluding hydrogens is 414 g/mol. The van der Waals surface area contributed by atoms with Crippen molar-refractivity contribution in [3.05, 3.63) is 77.8 Å². The summed E-state index contributed by atoms with van der Waals surface area (Å²) in [5.74, 6) is -0.300. The first-order valence-electron chi connectivity index (χ1n) is 9.70. The Morgan fingerprint density at radius 1 is 0.906 bits per heavy atom. The van der Waals surface area contributed by atoms with Crippen LogP contribution in [-0.4, -0.2) is 38.1 Å². The summed E-state index contributed by atoms with van der Waals surface area (Å²) < 4.78 is 21.4. The quantitative estimate of drug-likeness (QED) is 0.356. The number of rotatable bonds is 6. The lowest BCUT2D eigenvalue weighted by Gasteiger charge is -2.24. The molecule has 0 aliphatic carbocycles. The van der Waals surface area contributed by atoms with Crippen LogP contribution in [0.5, 0.6) is 17.2 Å². The maximum atomic E-state index is 13.2. The number of benzene rings is 2. The van der Waals surface area contributed by atoms with E-state index in [0.717, 1.165) is 0 Å². The smallest absolute Gasteiger partial charge is 0.300 e. The van der Waals surface area contributed by atoms with Crippen LogP contribution in [0, 0.1) is 0 Å². The highest BCUT2D eigenvalue weighted by Gasteiger charge is 2.48. The molecule has 2 heterocycles. The number of hydrogen-bond acceptors (Lipinski definition) is 7. The van der Waals surface area contributed by atoms with E-state index in [1.807, 2.05) is 0 Å². The topological polar surface area (TPSA) is 98.4 Å². The second-order valence-electron chi connectivity index (χ2n) is 6.99. The number of methoxy groups -OCH3 is 3. The Morgan fingerprint density at radius 3 is 2.19 bits per heavy atom. The molecule has 0 radical (unpaired) electrons. The highest BCUT2D eigenvalue weighted by Crippen LogP contribution is 2.44. The molecular formula is C24H21NO7. The number of aliphatic hydroxyl groups is 1. The number of furan rings is 1. The third-order valence-electron chi connectivity index (χ3n) is 5.21. The molecule has 1 unspecified atom stereocenters. The zero-order valence-corrected chi connectivity index (χ0v) is 17.7. The summed E-state index contributed by atoms with van der Waals surface area (Å²) in [5.41, 5.74) is 0.594. The second kappa shape index (κ2) is 8.50. The van der Waals surface area contributed by atoms with Crippen molar-refractivity contribution < 1.29 is 33.3 Å². The minimum atomic E-state index is -0.993. The molecule has 2 aromatic carbocycles. The zero-order valence-electron chi connectivity index (χ0n) is 17.7. The Hall–Kier alpha value is -4.20. The molecule has 0 saturated carbocycles. The molecule has 1 aliphatic rings. The van der Waals surface area contributed by atoms with Crippen LogP contribution in [0.1, 0.15) is 17.4 Å². The lowest BCUT2D eigenvalue weighted by atomic mass is 9.99. The first kappa shape index (κ1) is 21.0. The Bertz CT molecular complexity index is 1170. The molecule has 0 bridgehead atoms. The first-order chi connectivity index (χ1) is 15.5. The number of nitrogens with zero attached hydrogens (tertiary/aromatic N) is 1. The van der Waals surface area contributed by atoms with E-state index in [0.29, 0.717) is 34.3 Å². The van der Waals surface area contributed by atoms with Crippen molar-refractivity contribution in [1.29, 1.82) is 0 Å². The van der Waals surface area contributed by atoms with Crippen LogP contribution in [0.15, 0.2) is 70.9 Å². The van der Waals surface area contributed by atoms with Crippen LogP contribution in [0.2, 0.25) is 0 Å². The molecule has 1 saturated heterocycles. The molecule has 1 atom stereocenters. The Labute approximate surface area is 184 Å². The largest absolute Gasteiger partial charge is 0.507 e. The molecule has 1 aliphatic heterocycles. The molecule has 8 heteroatoms. The van der Waals surface area contributed by atoms with Crippen LogP contribution >= 0.6 is 0 Å². The monoisotopic (exact) mass is 435 g/mol. The van der Waals surface area contributed by atoms with Crippen molar-refractivity contribution in [3.63, 3.8) is 0 Å². The number of amides is 1. The van der Waals surface area contributed by atoms with Gasteiger partial charge in [0.25, 0.3) is 11.7 Å². The Kier molecular flexibility index (Phi) is 5.59. The van der Waals surface area contributed by atoms with Gasteiger partial charge in [0.1, 0.15) is 34.8 Å². The summed E-state index contributed by atoms with van der Waals surface area (Å²) in [6.45, 7) is 0. The molecule has 1 aromatic heterocycles. The van der Waals surface area contributed by atoms with Crippen molar-refractivity contribution in [2.45, 2.75) is 6.04 Å². The fourth-order valence-corrected chi connectivity index (χ4v) is 3.67. The predicted molar refractivity (Wildman–Crippen MR) is 116 cm³/mol. The van der Waals surface area contributed by atoms with E-state index in [2.05, 4.69) is 0 Å². The number of aliphatic hydroxyl groups excluding tert-OH is 1. The van der Waals surface area contributed by atoms with Crippen LogP contribution in [0.4, 0.5) is 5.69 Å². The number of anilines is 1. The first-order valence-corrected chi connectivity index (χ1v) is 9.70. The predicted octanol–water partition coefficient (Wildman–Crippen LogP) is 3.93. The van der Waals surface area contributed by atoms with E-state index in [9.17, 15) is 14.7 Å². The van der Waals surface area contributed by atoms with Crippen molar-refractivity contribution in [1.82, 2.24) is 0 Å². The third-order valence-corrected chi connectivity index (χ3v) is 5.21. The third kappa shape index (κ3) is 3.56. The second-order valence-corrected chi connectivity index (χ2v) is 6.99. The van der Waals surface area contributed by atoms with Crippen LogP contribution in [-0.2, 0) is 9.59 Å². The Morgan fingerprint density at radius 2 is 1.59 bits per heavy atom. The number of ether oxygens (including phenoxy) is 3. The number of Topliss-reactive ketones (excluding diaryl/α,β-unsaturated/α-hetero) is 1. The minimum Gasteiger partial charge on any atom is -0.507 e. The standard InChI is InChI=1S/C24H21NO7/c1-29-16-7-4-6-14(10-16)22(26)20-21(19-8-5-9-32-19)25(24(28)23(20)27)15-11-17(30-2)13-18(12-15)31-3/h4-13,21,26H,1-3H3/b22-20-. The minimum absolute atomic E-state index is 0.0972. The highest BCUT2D eigenvalue weighted by atomic mass is 16.5. The molecule has 164 valence electrons. The van der Waals surface area contributed by atoms with Crippen molar-refractivity contribution >= 4 is 23.1 Å². The summed E-state index contributed by atoms with van der Waals surface area (Å²) in [6, 6.07) is 13.7. The van der Waals surface area contributed by atoms with Gasteiger partial charge in [-0.25, -0.2) is 0 Å². The number of ketones is 1. The average Bonchev–Trinajstić information content (AvgIpc) is 3.45. The lowest BCUT2D eigenvalue weighted by Crippen LogP contribution is -2.29. The van der Waals surface area contributed by atoms with Crippen LogP contribution in [0.3, 0.4) is 0 Å². The number of carbonyl (C=O) groups is 2. The fraction of sp³-hybridized carbons (Fsp3) is 0.167. The van der Waals surface area contributed by atoms with Crippen LogP contribution in [0.25, 0.3) is 5.76 Å². The SMILES string of the molecule is COc1cccc(/C(O)=C2/C(=O)C(=O)N(c3cc(OC)cc(OC)c3)C2c2ccco2)c1. The van der Waals surface area contributed by atoms with Gasteiger partial charge in [-0.15, -0.1) is 0 Å². The average molecular weight is 435 g/mol. The summed E-state index contributed by atoms with van der Waals surface area (Å²) in [6.07, 6.45) is 1.44. The van der Waals surface area contributed by atoms with Crippen molar-refractivity contribution in [3.8, 4) is 17.2 Å². The number of carbonyl (C=O) groups excluding carboxylic acids is 2. The van der Waals surface area contributed by atoms with E-state index in [1.54, 1.807) is 54.6 Å². The van der Waals surface area contributed by atoms with E-state index in [-0.39, 0.29) is 11.3 Å². The van der Waals surface area contributed by atoms with Gasteiger partial charge in [-0.1, -0.05) is 12.1 Å². The molecule has 1 amide bonds. The molecule has 8 nitrogen and oxygen atoms in total. The van der Waals surface area contributed by atoms with Gasteiger partial charge in [0.15, 0.2) is 0 Å². The normalized spacial score (nSPS) is 17.5. The van der Waals surface area contributed by atoms with E-state index < -0.39 is 17.7 Å². The van der Waals surface area contributed by atoms with Crippen molar-refractivity contribution in [2.75, 3.05) is 26.2 Å². The molecule has 0 spiro atoms. The van der Waals surface area contributed by atoms with E-state index >= 15 is 0 Å². The van der Waals surface area contributed by atoms with Gasteiger partial charge in [-0.05, 0) is 24.3 Å². The van der Waals surface area contributed by atoms with Gasteiger partial charge < -0.3 is 23.7 Å². The molecule has 4 rings (SSSR count). The van der Waals surface area contributed by atoms with E-state index in [1.165, 1.54) is 32.5 Å². The summed E-state index contributed by atoms with van der Waals surface area (Å²) in [7, 11) is 4.47. The number of hydrogen-bond donors (Lipinski definition) is 1. The fourth-order valence-electron chi connectivity index (χ4n) is 3.67. The van der Waals surface area contributed by atoms with Gasteiger partial charge in [-0.2, -0.15) is 0 Å². The summed E-state index contributed by atoms with van der Waals surface area (Å²) >= 11 is 0. The maximum Gasteiger partial charge on any atom is 0.300 e.